The Labute approximate surface area is 125 Å². The van der Waals surface area contributed by atoms with Gasteiger partial charge in [0.25, 0.3) is 0 Å². The molecule has 120 valence electrons. The molecule has 0 spiro atoms. The zero-order valence-electron chi connectivity index (χ0n) is 13.8. The maximum atomic E-state index is 12.4. The van der Waals surface area contributed by atoms with Crippen molar-refractivity contribution in [1.29, 1.82) is 0 Å². The molecule has 0 heterocycles. The average molecular weight is 285 g/mol. The molecule has 2 unspecified atom stereocenters. The summed E-state index contributed by atoms with van der Waals surface area (Å²) in [7, 11) is 0. The maximum absolute atomic E-state index is 12.4. The highest BCUT2D eigenvalue weighted by Gasteiger charge is 2.34. The van der Waals surface area contributed by atoms with Crippen LogP contribution in [0.2, 0.25) is 0 Å². The van der Waals surface area contributed by atoms with Crippen LogP contribution in [0.1, 0.15) is 85.0 Å². The Morgan fingerprint density at radius 3 is 1.95 bits per heavy atom. The molecule has 0 amide bonds. The lowest BCUT2D eigenvalue weighted by molar-refractivity contribution is -0.131. The number of ketones is 1. The van der Waals surface area contributed by atoms with E-state index in [-0.39, 0.29) is 17.8 Å². The lowest BCUT2D eigenvalue weighted by Crippen LogP contribution is -2.44. The summed E-state index contributed by atoms with van der Waals surface area (Å²) in [6, 6.07) is -0.711. The van der Waals surface area contributed by atoms with Gasteiger partial charge in [-0.2, -0.15) is 0 Å². The third-order valence-corrected chi connectivity index (χ3v) is 4.29. The van der Waals surface area contributed by atoms with Gasteiger partial charge in [-0.1, -0.05) is 72.1 Å². The number of nitrogens with two attached hydrogens (primary N) is 1. The molecule has 0 aromatic heterocycles. The van der Waals surface area contributed by atoms with Crippen molar-refractivity contribution in [3.05, 3.63) is 0 Å². The van der Waals surface area contributed by atoms with E-state index in [1.807, 2.05) is 6.92 Å². The Bertz CT molecular complexity index is 255. The number of Topliss-reactive ketones (excluding diaryl/α,β-unsaturated/α-hetero) is 1. The van der Waals surface area contributed by atoms with Crippen LogP contribution in [0.25, 0.3) is 0 Å². The normalized spacial score (nSPS) is 15.8. The number of carbonyl (C=O) groups is 1. The van der Waals surface area contributed by atoms with Gasteiger partial charge in [0.05, 0.1) is 12.6 Å². The minimum Gasteiger partial charge on any atom is -0.394 e. The van der Waals surface area contributed by atoms with E-state index in [4.69, 9.17) is 10.8 Å². The van der Waals surface area contributed by atoms with Gasteiger partial charge < -0.3 is 10.8 Å². The highest BCUT2D eigenvalue weighted by atomic mass is 16.3. The second kappa shape index (κ2) is 11.3. The van der Waals surface area contributed by atoms with Gasteiger partial charge in [-0.15, -0.1) is 0 Å². The number of rotatable bonds is 13. The Balaban J connectivity index is 4.40. The van der Waals surface area contributed by atoms with E-state index in [2.05, 4.69) is 13.8 Å². The lowest BCUT2D eigenvalue weighted by atomic mass is 9.74. The number of unbranched alkanes of at least 4 members (excludes halogenated alkanes) is 6. The molecule has 0 aromatic carbocycles. The molecule has 0 bridgehead atoms. The Morgan fingerprint density at radius 2 is 1.45 bits per heavy atom. The van der Waals surface area contributed by atoms with Crippen LogP contribution in [0.5, 0.6) is 0 Å². The van der Waals surface area contributed by atoms with Crippen LogP contribution in [0.15, 0.2) is 0 Å². The highest BCUT2D eigenvalue weighted by molar-refractivity contribution is 5.89. The summed E-state index contributed by atoms with van der Waals surface area (Å²) in [5.74, 6) is 0.0478. The maximum Gasteiger partial charge on any atom is 0.157 e. The minimum atomic E-state index is -0.711. The third kappa shape index (κ3) is 7.39. The molecule has 0 fully saturated rings. The van der Waals surface area contributed by atoms with Crippen molar-refractivity contribution in [2.75, 3.05) is 6.61 Å². The number of aliphatic hydroxyl groups excluding tert-OH is 1. The molecule has 0 aromatic rings. The molecule has 2 atom stereocenters. The summed E-state index contributed by atoms with van der Waals surface area (Å²) >= 11 is 0. The zero-order valence-corrected chi connectivity index (χ0v) is 13.8. The fourth-order valence-electron chi connectivity index (χ4n) is 2.79. The standard InChI is InChI=1S/C17H35NO2/c1-4-6-8-9-11-13-17(3,12-10-7-5-2)16(20)15(18)14-19/h15,19H,4-14,18H2,1-3H3. The van der Waals surface area contributed by atoms with Gasteiger partial charge in [-0.3, -0.25) is 4.79 Å². The molecule has 0 aliphatic heterocycles. The van der Waals surface area contributed by atoms with Crippen LogP contribution in [0.4, 0.5) is 0 Å². The summed E-state index contributed by atoms with van der Waals surface area (Å²) in [4.78, 5) is 12.4. The molecular weight excluding hydrogens is 250 g/mol. The Kier molecular flexibility index (Phi) is 11.0. The number of carbonyl (C=O) groups excluding carboxylic acids is 1. The average Bonchev–Trinajstić information content (AvgIpc) is 2.45. The van der Waals surface area contributed by atoms with Crippen LogP contribution in [0.3, 0.4) is 0 Å². The first kappa shape index (κ1) is 19.6. The van der Waals surface area contributed by atoms with Crippen molar-refractivity contribution in [2.24, 2.45) is 11.1 Å². The van der Waals surface area contributed by atoms with E-state index in [1.165, 1.54) is 25.7 Å². The molecule has 0 saturated carbocycles. The fraction of sp³-hybridized carbons (Fsp3) is 0.941. The van der Waals surface area contributed by atoms with Gasteiger partial charge in [0.2, 0.25) is 0 Å². The Morgan fingerprint density at radius 1 is 1.00 bits per heavy atom. The summed E-state index contributed by atoms with van der Waals surface area (Å²) in [5, 5.41) is 9.14. The number of hydrogen-bond donors (Lipinski definition) is 2. The summed E-state index contributed by atoms with van der Waals surface area (Å²) in [6.07, 6.45) is 11.3. The topological polar surface area (TPSA) is 63.3 Å². The highest BCUT2D eigenvalue weighted by Crippen LogP contribution is 2.33. The second-order valence-electron chi connectivity index (χ2n) is 6.34. The van der Waals surface area contributed by atoms with Crippen LogP contribution < -0.4 is 5.73 Å². The van der Waals surface area contributed by atoms with Crippen LogP contribution in [-0.4, -0.2) is 23.5 Å². The van der Waals surface area contributed by atoms with E-state index in [0.717, 1.165) is 38.5 Å². The van der Waals surface area contributed by atoms with E-state index in [0.29, 0.717) is 0 Å². The summed E-state index contributed by atoms with van der Waals surface area (Å²) in [6.45, 7) is 6.18. The molecule has 3 nitrogen and oxygen atoms in total. The first-order valence-electron chi connectivity index (χ1n) is 8.42. The lowest BCUT2D eigenvalue weighted by Gasteiger charge is -2.30. The molecule has 3 heteroatoms. The molecule has 0 aliphatic rings. The second-order valence-corrected chi connectivity index (χ2v) is 6.34. The summed E-state index contributed by atoms with van der Waals surface area (Å²) in [5.41, 5.74) is 5.42. The fourth-order valence-corrected chi connectivity index (χ4v) is 2.79. The molecule has 0 aliphatic carbocycles. The molecule has 0 radical (unpaired) electrons. The number of aliphatic hydroxyl groups is 1. The molecule has 0 rings (SSSR count). The van der Waals surface area contributed by atoms with Gasteiger partial charge in [0.15, 0.2) is 5.78 Å². The first-order chi connectivity index (χ1) is 9.51. The van der Waals surface area contributed by atoms with Gasteiger partial charge >= 0.3 is 0 Å². The van der Waals surface area contributed by atoms with Gasteiger partial charge in [-0.05, 0) is 12.8 Å². The van der Waals surface area contributed by atoms with E-state index >= 15 is 0 Å². The SMILES string of the molecule is CCCCCCCC(C)(CCCCC)C(=O)C(N)CO. The van der Waals surface area contributed by atoms with Crippen molar-refractivity contribution in [3.63, 3.8) is 0 Å². The Hall–Kier alpha value is -0.410. The smallest absolute Gasteiger partial charge is 0.157 e. The van der Waals surface area contributed by atoms with Crippen molar-refractivity contribution >= 4 is 5.78 Å². The largest absolute Gasteiger partial charge is 0.394 e. The van der Waals surface area contributed by atoms with Gasteiger partial charge in [0.1, 0.15) is 0 Å². The predicted molar refractivity (Wildman–Crippen MR) is 85.7 cm³/mol. The molecule has 3 N–H and O–H groups in total. The zero-order chi connectivity index (χ0) is 15.4. The van der Waals surface area contributed by atoms with Gasteiger partial charge in [0, 0.05) is 5.41 Å². The third-order valence-electron chi connectivity index (χ3n) is 4.29. The number of hydrogen-bond acceptors (Lipinski definition) is 3. The predicted octanol–water partition coefficient (Wildman–Crippen LogP) is 3.82. The van der Waals surface area contributed by atoms with E-state index in [9.17, 15) is 4.79 Å². The molecular formula is C17H35NO2. The van der Waals surface area contributed by atoms with Gasteiger partial charge in [-0.25, -0.2) is 0 Å². The first-order valence-corrected chi connectivity index (χ1v) is 8.42. The minimum absolute atomic E-state index is 0.0478. The van der Waals surface area contributed by atoms with Crippen LogP contribution in [-0.2, 0) is 4.79 Å². The van der Waals surface area contributed by atoms with Crippen LogP contribution >= 0.6 is 0 Å². The van der Waals surface area contributed by atoms with E-state index < -0.39 is 6.04 Å². The van der Waals surface area contributed by atoms with Crippen molar-refractivity contribution < 1.29 is 9.90 Å². The van der Waals surface area contributed by atoms with Crippen molar-refractivity contribution in [1.82, 2.24) is 0 Å². The van der Waals surface area contributed by atoms with Crippen molar-refractivity contribution in [3.8, 4) is 0 Å². The quantitative estimate of drug-likeness (QED) is 0.506. The van der Waals surface area contributed by atoms with Crippen LogP contribution in [0, 0.1) is 5.41 Å². The summed E-state index contributed by atoms with van der Waals surface area (Å²) < 4.78 is 0. The monoisotopic (exact) mass is 285 g/mol. The molecule has 0 saturated heterocycles. The van der Waals surface area contributed by atoms with E-state index in [1.54, 1.807) is 0 Å². The molecule has 20 heavy (non-hydrogen) atoms. The van der Waals surface area contributed by atoms with Crippen molar-refractivity contribution in [2.45, 2.75) is 91.0 Å².